The second-order valence-electron chi connectivity index (χ2n) is 7.69. The number of aliphatic imine (C=N–C) groups is 1. The SMILES string of the molecule is CCOC(=O)N1CCC(NC(=NCc2ccc(OC)cc2)NCc2nnc(C)n2C)CC1. The van der Waals surface area contributed by atoms with Gasteiger partial charge >= 0.3 is 6.09 Å². The van der Waals surface area contributed by atoms with Crippen LogP contribution in [-0.2, 0) is 24.9 Å². The van der Waals surface area contributed by atoms with Gasteiger partial charge in [-0.25, -0.2) is 9.79 Å². The van der Waals surface area contributed by atoms with Crippen LogP contribution < -0.4 is 15.4 Å². The van der Waals surface area contributed by atoms with Gasteiger partial charge in [0.2, 0.25) is 0 Å². The van der Waals surface area contributed by atoms with Crippen LogP contribution in [0.1, 0.15) is 37.0 Å². The molecule has 2 heterocycles. The van der Waals surface area contributed by atoms with E-state index in [9.17, 15) is 4.79 Å². The van der Waals surface area contributed by atoms with E-state index in [-0.39, 0.29) is 12.1 Å². The summed E-state index contributed by atoms with van der Waals surface area (Å²) in [6.45, 7) is 6.49. The number of carbonyl (C=O) groups excluding carboxylic acids is 1. The van der Waals surface area contributed by atoms with Crippen molar-refractivity contribution < 1.29 is 14.3 Å². The van der Waals surface area contributed by atoms with Gasteiger partial charge in [0.25, 0.3) is 0 Å². The van der Waals surface area contributed by atoms with Crippen LogP contribution in [0.3, 0.4) is 0 Å². The molecule has 1 aromatic heterocycles. The number of rotatable bonds is 7. The molecular formula is C22H33N7O3. The quantitative estimate of drug-likeness (QED) is 0.498. The maximum atomic E-state index is 11.9. The van der Waals surface area contributed by atoms with Crippen molar-refractivity contribution in [2.75, 3.05) is 26.8 Å². The molecular weight excluding hydrogens is 410 g/mol. The molecule has 1 amide bonds. The van der Waals surface area contributed by atoms with Crippen LogP contribution in [0, 0.1) is 6.92 Å². The smallest absolute Gasteiger partial charge is 0.409 e. The first kappa shape index (κ1) is 23.4. The zero-order chi connectivity index (χ0) is 22.9. The van der Waals surface area contributed by atoms with Crippen molar-refractivity contribution in [3.05, 3.63) is 41.5 Å². The summed E-state index contributed by atoms with van der Waals surface area (Å²) in [6, 6.07) is 8.08. The normalized spacial score (nSPS) is 14.9. The first-order valence-corrected chi connectivity index (χ1v) is 10.9. The Morgan fingerprint density at radius 3 is 2.53 bits per heavy atom. The lowest BCUT2D eigenvalue weighted by atomic mass is 10.1. The van der Waals surface area contributed by atoms with Gasteiger partial charge in [0.05, 0.1) is 26.8 Å². The number of piperidine rings is 1. The van der Waals surface area contributed by atoms with Gasteiger partial charge in [-0.1, -0.05) is 12.1 Å². The summed E-state index contributed by atoms with van der Waals surface area (Å²) < 4.78 is 12.3. The zero-order valence-electron chi connectivity index (χ0n) is 19.3. The molecule has 0 radical (unpaired) electrons. The fourth-order valence-corrected chi connectivity index (χ4v) is 3.44. The van der Waals surface area contributed by atoms with Crippen molar-refractivity contribution >= 4 is 12.1 Å². The monoisotopic (exact) mass is 443 g/mol. The van der Waals surface area contributed by atoms with E-state index < -0.39 is 0 Å². The van der Waals surface area contributed by atoms with E-state index in [2.05, 4.69) is 20.8 Å². The number of amides is 1. The minimum Gasteiger partial charge on any atom is -0.497 e. The van der Waals surface area contributed by atoms with Crippen LogP contribution in [0.5, 0.6) is 5.75 Å². The molecule has 32 heavy (non-hydrogen) atoms. The summed E-state index contributed by atoms with van der Waals surface area (Å²) in [5.74, 6) is 3.22. The number of methoxy groups -OCH3 is 1. The van der Waals surface area contributed by atoms with E-state index in [1.165, 1.54) is 0 Å². The van der Waals surface area contributed by atoms with Gasteiger partial charge in [-0.2, -0.15) is 0 Å². The van der Waals surface area contributed by atoms with Gasteiger partial charge < -0.3 is 29.6 Å². The second kappa shape index (κ2) is 11.4. The molecule has 0 saturated carbocycles. The highest BCUT2D eigenvalue weighted by atomic mass is 16.6. The first-order chi connectivity index (χ1) is 15.5. The van der Waals surface area contributed by atoms with E-state index >= 15 is 0 Å². The fraction of sp³-hybridized carbons (Fsp3) is 0.545. The highest BCUT2D eigenvalue weighted by Crippen LogP contribution is 2.13. The zero-order valence-corrected chi connectivity index (χ0v) is 19.3. The van der Waals surface area contributed by atoms with Crippen LogP contribution in [0.2, 0.25) is 0 Å². The Morgan fingerprint density at radius 1 is 1.22 bits per heavy atom. The van der Waals surface area contributed by atoms with Crippen molar-refractivity contribution in [2.45, 2.75) is 45.8 Å². The number of carbonyl (C=O) groups is 1. The van der Waals surface area contributed by atoms with Crippen molar-refractivity contribution in [2.24, 2.45) is 12.0 Å². The van der Waals surface area contributed by atoms with E-state index in [4.69, 9.17) is 14.5 Å². The van der Waals surface area contributed by atoms with E-state index in [1.54, 1.807) is 12.0 Å². The molecule has 10 heteroatoms. The lowest BCUT2D eigenvalue weighted by molar-refractivity contribution is 0.0963. The Labute approximate surface area is 189 Å². The van der Waals surface area contributed by atoms with Gasteiger partial charge in [-0.3, -0.25) is 0 Å². The average molecular weight is 444 g/mol. The summed E-state index contributed by atoms with van der Waals surface area (Å²) in [6.07, 6.45) is 1.41. The number of likely N-dealkylation sites (tertiary alicyclic amines) is 1. The van der Waals surface area contributed by atoms with Crippen molar-refractivity contribution in [1.29, 1.82) is 0 Å². The van der Waals surface area contributed by atoms with Crippen molar-refractivity contribution in [3.8, 4) is 5.75 Å². The van der Waals surface area contributed by atoms with Crippen LogP contribution >= 0.6 is 0 Å². The number of benzene rings is 1. The van der Waals surface area contributed by atoms with Gasteiger partial charge in [0, 0.05) is 26.2 Å². The van der Waals surface area contributed by atoms with E-state index in [0.717, 1.165) is 35.8 Å². The summed E-state index contributed by atoms with van der Waals surface area (Å²) in [5, 5.41) is 15.2. The average Bonchev–Trinajstić information content (AvgIpc) is 3.14. The molecule has 3 rings (SSSR count). The number of ether oxygens (including phenoxy) is 2. The predicted molar refractivity (Wildman–Crippen MR) is 121 cm³/mol. The van der Waals surface area contributed by atoms with Crippen LogP contribution in [0.15, 0.2) is 29.3 Å². The molecule has 2 N–H and O–H groups in total. The van der Waals surface area contributed by atoms with Crippen LogP contribution in [-0.4, -0.2) is 64.6 Å². The molecule has 1 saturated heterocycles. The summed E-state index contributed by atoms with van der Waals surface area (Å²) in [5.41, 5.74) is 1.08. The molecule has 0 unspecified atom stereocenters. The van der Waals surface area contributed by atoms with Gasteiger partial charge in [-0.05, 0) is 44.4 Å². The fourth-order valence-electron chi connectivity index (χ4n) is 3.44. The third kappa shape index (κ3) is 6.35. The number of aromatic nitrogens is 3. The highest BCUT2D eigenvalue weighted by Gasteiger charge is 2.24. The van der Waals surface area contributed by atoms with Crippen LogP contribution in [0.25, 0.3) is 0 Å². The number of aryl methyl sites for hydroxylation is 1. The molecule has 0 bridgehead atoms. The molecule has 1 fully saturated rings. The molecule has 0 aliphatic carbocycles. The lowest BCUT2D eigenvalue weighted by Gasteiger charge is -2.32. The summed E-state index contributed by atoms with van der Waals surface area (Å²) in [4.78, 5) is 18.5. The highest BCUT2D eigenvalue weighted by molar-refractivity contribution is 5.80. The maximum Gasteiger partial charge on any atom is 0.409 e. The topological polar surface area (TPSA) is 106 Å². The first-order valence-electron chi connectivity index (χ1n) is 10.9. The Kier molecular flexibility index (Phi) is 8.29. The largest absolute Gasteiger partial charge is 0.497 e. The second-order valence-corrected chi connectivity index (χ2v) is 7.69. The molecule has 0 atom stereocenters. The molecule has 1 aliphatic heterocycles. The minimum absolute atomic E-state index is 0.212. The number of hydrogen-bond acceptors (Lipinski definition) is 6. The third-order valence-corrected chi connectivity index (χ3v) is 5.54. The molecule has 2 aromatic rings. The van der Waals surface area contributed by atoms with Gasteiger partial charge in [0.1, 0.15) is 11.6 Å². The van der Waals surface area contributed by atoms with E-state index in [0.29, 0.717) is 38.7 Å². The summed E-state index contributed by atoms with van der Waals surface area (Å²) >= 11 is 0. The minimum atomic E-state index is -0.241. The summed E-state index contributed by atoms with van der Waals surface area (Å²) in [7, 11) is 3.60. The van der Waals surface area contributed by atoms with Gasteiger partial charge in [0.15, 0.2) is 11.8 Å². The third-order valence-electron chi connectivity index (χ3n) is 5.54. The molecule has 1 aliphatic rings. The number of hydrogen-bond donors (Lipinski definition) is 2. The standard InChI is InChI=1S/C22H33N7O3/c1-5-32-22(30)29-12-10-18(11-13-29)25-21(24-15-20-27-26-16(2)28(20)3)23-14-17-6-8-19(31-4)9-7-17/h6-9,18H,5,10-15H2,1-4H3,(H2,23,24,25). The molecule has 1 aromatic carbocycles. The lowest BCUT2D eigenvalue weighted by Crippen LogP contribution is -2.49. The van der Waals surface area contributed by atoms with E-state index in [1.807, 2.05) is 49.7 Å². The maximum absolute atomic E-state index is 11.9. The Hall–Kier alpha value is -3.30. The Balaban J connectivity index is 1.63. The Bertz CT molecular complexity index is 903. The van der Waals surface area contributed by atoms with Gasteiger partial charge in [-0.15, -0.1) is 10.2 Å². The molecule has 0 spiro atoms. The number of guanidine groups is 1. The van der Waals surface area contributed by atoms with Crippen molar-refractivity contribution in [1.82, 2.24) is 30.3 Å². The Morgan fingerprint density at radius 2 is 1.94 bits per heavy atom. The molecule has 10 nitrogen and oxygen atoms in total. The molecule has 174 valence electrons. The van der Waals surface area contributed by atoms with Crippen LogP contribution in [0.4, 0.5) is 4.79 Å². The number of nitrogens with one attached hydrogen (secondary N) is 2. The predicted octanol–water partition coefficient (Wildman–Crippen LogP) is 1.99. The number of nitrogens with zero attached hydrogens (tertiary/aromatic N) is 5. The van der Waals surface area contributed by atoms with Crippen molar-refractivity contribution in [3.63, 3.8) is 0 Å².